The van der Waals surface area contributed by atoms with Crippen LogP contribution in [-0.4, -0.2) is 11.6 Å². The molecule has 0 amide bonds. The zero-order valence-electron chi connectivity index (χ0n) is 15.9. The summed E-state index contributed by atoms with van der Waals surface area (Å²) < 4.78 is 5.57. The molecular formula is C25H19Cl2NO. The molecule has 0 N–H and O–H groups in total. The van der Waals surface area contributed by atoms with Crippen LogP contribution in [0.4, 0.5) is 0 Å². The normalized spacial score (nSPS) is 10.7. The average molecular weight is 420 g/mol. The predicted octanol–water partition coefficient (Wildman–Crippen LogP) is 7.79. The Morgan fingerprint density at radius 2 is 1.07 bits per heavy atom. The highest BCUT2D eigenvalue weighted by molar-refractivity contribution is 6.30. The maximum absolute atomic E-state index is 6.06. The van der Waals surface area contributed by atoms with E-state index in [2.05, 4.69) is 24.3 Å². The number of benzene rings is 3. The van der Waals surface area contributed by atoms with Gasteiger partial charge < -0.3 is 4.74 Å². The van der Waals surface area contributed by atoms with Gasteiger partial charge in [0.1, 0.15) is 5.75 Å². The van der Waals surface area contributed by atoms with Gasteiger partial charge in [-0.2, -0.15) is 0 Å². The highest BCUT2D eigenvalue weighted by Gasteiger charge is 2.09. The first-order valence-corrected chi connectivity index (χ1v) is 10.1. The van der Waals surface area contributed by atoms with Gasteiger partial charge in [-0.05, 0) is 66.6 Å². The molecule has 0 atom stereocenters. The lowest BCUT2D eigenvalue weighted by Gasteiger charge is -2.11. The standard InChI is InChI=1S/C25H19Cl2NO/c1-2-29-23-13-7-17(8-14-23)20-15-24(18-3-9-21(26)10-4-18)28-25(16-20)19-5-11-22(27)12-6-19/h3-16H,2H2,1H3. The quantitative estimate of drug-likeness (QED) is 0.329. The fourth-order valence-corrected chi connectivity index (χ4v) is 3.40. The van der Waals surface area contributed by atoms with E-state index in [0.29, 0.717) is 16.7 Å². The van der Waals surface area contributed by atoms with E-state index in [1.807, 2.05) is 67.6 Å². The van der Waals surface area contributed by atoms with E-state index in [1.54, 1.807) is 0 Å². The van der Waals surface area contributed by atoms with Crippen LogP contribution >= 0.6 is 23.2 Å². The van der Waals surface area contributed by atoms with Crippen molar-refractivity contribution < 1.29 is 4.74 Å². The van der Waals surface area contributed by atoms with E-state index in [0.717, 1.165) is 39.4 Å². The molecule has 0 aliphatic rings. The van der Waals surface area contributed by atoms with E-state index in [4.69, 9.17) is 32.9 Å². The SMILES string of the molecule is CCOc1ccc(-c2cc(-c3ccc(Cl)cc3)nc(-c3ccc(Cl)cc3)c2)cc1. The van der Waals surface area contributed by atoms with Gasteiger partial charge in [0, 0.05) is 21.2 Å². The summed E-state index contributed by atoms with van der Waals surface area (Å²) in [7, 11) is 0. The summed E-state index contributed by atoms with van der Waals surface area (Å²) in [6, 6.07) is 27.8. The number of rotatable bonds is 5. The van der Waals surface area contributed by atoms with Crippen molar-refractivity contribution in [1.29, 1.82) is 0 Å². The zero-order valence-corrected chi connectivity index (χ0v) is 17.4. The van der Waals surface area contributed by atoms with Gasteiger partial charge in [-0.3, -0.25) is 0 Å². The van der Waals surface area contributed by atoms with Crippen molar-refractivity contribution in [2.24, 2.45) is 0 Å². The summed E-state index contributed by atoms with van der Waals surface area (Å²) in [6.07, 6.45) is 0. The lowest BCUT2D eigenvalue weighted by Crippen LogP contribution is -1.92. The van der Waals surface area contributed by atoms with Crippen molar-refractivity contribution in [3.8, 4) is 39.4 Å². The minimum atomic E-state index is 0.649. The maximum atomic E-state index is 6.06. The van der Waals surface area contributed by atoms with Crippen molar-refractivity contribution in [1.82, 2.24) is 4.98 Å². The number of halogens is 2. The zero-order chi connectivity index (χ0) is 20.2. The Labute approximate surface area is 180 Å². The van der Waals surface area contributed by atoms with Crippen LogP contribution in [0.2, 0.25) is 10.0 Å². The smallest absolute Gasteiger partial charge is 0.119 e. The lowest BCUT2D eigenvalue weighted by atomic mass is 10.00. The molecular weight excluding hydrogens is 401 g/mol. The van der Waals surface area contributed by atoms with Crippen molar-refractivity contribution in [2.75, 3.05) is 6.61 Å². The summed E-state index contributed by atoms with van der Waals surface area (Å²) in [5, 5.41) is 1.41. The van der Waals surface area contributed by atoms with E-state index in [-0.39, 0.29) is 0 Å². The largest absolute Gasteiger partial charge is 0.494 e. The second kappa shape index (κ2) is 8.69. The van der Waals surface area contributed by atoms with Crippen molar-refractivity contribution in [3.05, 3.63) is 95.0 Å². The molecule has 3 aromatic carbocycles. The average Bonchev–Trinajstić information content (AvgIpc) is 2.75. The van der Waals surface area contributed by atoms with Crippen LogP contribution in [0.25, 0.3) is 33.6 Å². The summed E-state index contributed by atoms with van der Waals surface area (Å²) in [5.41, 5.74) is 5.98. The van der Waals surface area contributed by atoms with Gasteiger partial charge >= 0.3 is 0 Å². The fourth-order valence-electron chi connectivity index (χ4n) is 3.14. The number of hydrogen-bond acceptors (Lipinski definition) is 2. The highest BCUT2D eigenvalue weighted by Crippen LogP contribution is 2.32. The van der Waals surface area contributed by atoms with Crippen molar-refractivity contribution in [2.45, 2.75) is 6.92 Å². The van der Waals surface area contributed by atoms with Crippen LogP contribution < -0.4 is 4.74 Å². The number of nitrogens with zero attached hydrogens (tertiary/aromatic N) is 1. The molecule has 4 aromatic rings. The van der Waals surface area contributed by atoms with Crippen LogP contribution in [-0.2, 0) is 0 Å². The first-order valence-electron chi connectivity index (χ1n) is 9.39. The second-order valence-corrected chi connectivity index (χ2v) is 7.47. The van der Waals surface area contributed by atoms with Gasteiger partial charge in [0.15, 0.2) is 0 Å². The summed E-state index contributed by atoms with van der Waals surface area (Å²) >= 11 is 12.1. The monoisotopic (exact) mass is 419 g/mol. The van der Waals surface area contributed by atoms with Gasteiger partial charge in [-0.15, -0.1) is 0 Å². The Balaban J connectivity index is 1.83. The Morgan fingerprint density at radius 1 is 0.621 bits per heavy atom. The predicted molar refractivity (Wildman–Crippen MR) is 122 cm³/mol. The molecule has 1 aromatic heterocycles. The minimum absolute atomic E-state index is 0.649. The second-order valence-electron chi connectivity index (χ2n) is 6.60. The van der Waals surface area contributed by atoms with E-state index < -0.39 is 0 Å². The topological polar surface area (TPSA) is 22.1 Å². The Hall–Kier alpha value is -2.81. The first-order chi connectivity index (χ1) is 14.1. The van der Waals surface area contributed by atoms with E-state index in [9.17, 15) is 0 Å². The molecule has 0 aliphatic carbocycles. The number of hydrogen-bond donors (Lipinski definition) is 0. The number of pyridine rings is 1. The minimum Gasteiger partial charge on any atom is -0.494 e. The third-order valence-corrected chi connectivity index (χ3v) is 5.11. The Bertz CT molecular complexity index is 1040. The molecule has 4 rings (SSSR count). The van der Waals surface area contributed by atoms with Crippen LogP contribution in [0.5, 0.6) is 5.75 Å². The molecule has 1 heterocycles. The summed E-state index contributed by atoms with van der Waals surface area (Å²) in [6.45, 7) is 2.63. The molecule has 29 heavy (non-hydrogen) atoms. The number of aromatic nitrogens is 1. The lowest BCUT2D eigenvalue weighted by molar-refractivity contribution is 0.340. The molecule has 0 saturated heterocycles. The molecule has 0 unspecified atom stereocenters. The molecule has 0 spiro atoms. The third-order valence-electron chi connectivity index (χ3n) is 4.60. The van der Waals surface area contributed by atoms with E-state index in [1.165, 1.54) is 0 Å². The summed E-state index contributed by atoms with van der Waals surface area (Å²) in [5.74, 6) is 0.862. The Kier molecular flexibility index (Phi) is 5.84. The van der Waals surface area contributed by atoms with Crippen LogP contribution in [0.3, 0.4) is 0 Å². The fraction of sp³-hybridized carbons (Fsp3) is 0.0800. The van der Waals surface area contributed by atoms with Crippen molar-refractivity contribution in [3.63, 3.8) is 0 Å². The van der Waals surface area contributed by atoms with Gasteiger partial charge in [-0.25, -0.2) is 4.98 Å². The van der Waals surface area contributed by atoms with Crippen LogP contribution in [0.15, 0.2) is 84.9 Å². The molecule has 0 radical (unpaired) electrons. The Morgan fingerprint density at radius 3 is 1.52 bits per heavy atom. The van der Waals surface area contributed by atoms with Gasteiger partial charge in [-0.1, -0.05) is 59.6 Å². The molecule has 2 nitrogen and oxygen atoms in total. The maximum Gasteiger partial charge on any atom is 0.119 e. The van der Waals surface area contributed by atoms with Crippen molar-refractivity contribution >= 4 is 23.2 Å². The highest BCUT2D eigenvalue weighted by atomic mass is 35.5. The van der Waals surface area contributed by atoms with Crippen LogP contribution in [0.1, 0.15) is 6.92 Å². The van der Waals surface area contributed by atoms with Gasteiger partial charge in [0.2, 0.25) is 0 Å². The van der Waals surface area contributed by atoms with Crippen LogP contribution in [0, 0.1) is 0 Å². The first kappa shape index (κ1) is 19.5. The van der Waals surface area contributed by atoms with Gasteiger partial charge in [0.25, 0.3) is 0 Å². The van der Waals surface area contributed by atoms with E-state index >= 15 is 0 Å². The number of ether oxygens (including phenoxy) is 1. The van der Waals surface area contributed by atoms with Gasteiger partial charge in [0.05, 0.1) is 18.0 Å². The molecule has 4 heteroatoms. The molecule has 0 aliphatic heterocycles. The molecule has 0 fully saturated rings. The summed E-state index contributed by atoms with van der Waals surface area (Å²) in [4.78, 5) is 4.89. The third kappa shape index (κ3) is 4.61. The molecule has 144 valence electrons. The molecule has 0 bridgehead atoms. The molecule has 0 saturated carbocycles.